The second kappa shape index (κ2) is 9.47. The van der Waals surface area contributed by atoms with Crippen molar-refractivity contribution in [1.82, 2.24) is 10.2 Å². The summed E-state index contributed by atoms with van der Waals surface area (Å²) in [6.07, 6.45) is 0. The Hall–Kier alpha value is -2.63. The number of anilines is 2. The highest BCUT2D eigenvalue weighted by molar-refractivity contribution is 7.94. The number of carboxylic acids is 1. The molecule has 0 bridgehead atoms. The second-order valence-electron chi connectivity index (χ2n) is 8.64. The molecule has 0 unspecified atom stereocenters. The molecule has 0 radical (unpaired) electrons. The van der Waals surface area contributed by atoms with E-state index in [0.717, 1.165) is 11.3 Å². The minimum absolute atomic E-state index is 0.00452. The Balaban J connectivity index is 1.75. The van der Waals surface area contributed by atoms with E-state index in [-0.39, 0.29) is 26.9 Å². The molecule has 1 saturated heterocycles. The Labute approximate surface area is 192 Å². The number of benzene rings is 1. The van der Waals surface area contributed by atoms with Gasteiger partial charge in [0.2, 0.25) is 5.91 Å². The first-order chi connectivity index (χ1) is 14.9. The zero-order chi connectivity index (χ0) is 23.5. The van der Waals surface area contributed by atoms with E-state index in [4.69, 9.17) is 0 Å². The van der Waals surface area contributed by atoms with E-state index in [1.807, 2.05) is 30.6 Å². The van der Waals surface area contributed by atoms with Gasteiger partial charge in [0.05, 0.1) is 23.5 Å². The molecule has 0 aliphatic carbocycles. The zero-order valence-electron chi connectivity index (χ0n) is 18.3. The number of sulfonamides is 1. The fourth-order valence-corrected chi connectivity index (χ4v) is 5.50. The normalized spacial score (nSPS) is 15.4. The van der Waals surface area contributed by atoms with Crippen LogP contribution in [0.3, 0.4) is 0 Å². The second-order valence-corrected chi connectivity index (χ2v) is 11.5. The molecule has 1 aliphatic rings. The van der Waals surface area contributed by atoms with Gasteiger partial charge in [-0.15, -0.1) is 11.3 Å². The van der Waals surface area contributed by atoms with Gasteiger partial charge < -0.3 is 15.3 Å². The molecule has 1 amide bonds. The third kappa shape index (κ3) is 6.21. The van der Waals surface area contributed by atoms with Crippen LogP contribution in [0.2, 0.25) is 0 Å². The van der Waals surface area contributed by atoms with Crippen LogP contribution in [0.4, 0.5) is 11.4 Å². The Bertz CT molecular complexity index is 1070. The van der Waals surface area contributed by atoms with Crippen molar-refractivity contribution in [3.05, 3.63) is 41.3 Å². The average molecular weight is 481 g/mol. The zero-order valence-corrected chi connectivity index (χ0v) is 19.9. The monoisotopic (exact) mass is 480 g/mol. The number of carboxylic acid groups (broad SMARTS) is 1. The van der Waals surface area contributed by atoms with Gasteiger partial charge in [0, 0.05) is 31.7 Å². The first-order valence-electron chi connectivity index (χ1n) is 10.2. The molecular weight excluding hydrogens is 452 g/mol. The number of aromatic carboxylic acids is 1. The topological polar surface area (TPSA) is 119 Å². The minimum Gasteiger partial charge on any atom is -0.478 e. The maximum absolute atomic E-state index is 12.7. The first-order valence-corrected chi connectivity index (χ1v) is 12.5. The van der Waals surface area contributed by atoms with Gasteiger partial charge in [-0.25, -0.2) is 13.2 Å². The van der Waals surface area contributed by atoms with E-state index in [2.05, 4.69) is 10.0 Å². The molecule has 1 aromatic heterocycles. The Morgan fingerprint density at radius 1 is 1.12 bits per heavy atom. The third-order valence-electron chi connectivity index (χ3n) is 4.84. The lowest BCUT2D eigenvalue weighted by atomic mass is 10.1. The van der Waals surface area contributed by atoms with Crippen molar-refractivity contribution in [2.45, 2.75) is 30.5 Å². The van der Waals surface area contributed by atoms with Crippen molar-refractivity contribution in [3.8, 4) is 0 Å². The summed E-state index contributed by atoms with van der Waals surface area (Å²) in [5.41, 5.74) is 0.528. The molecule has 11 heteroatoms. The highest BCUT2D eigenvalue weighted by atomic mass is 32.2. The number of hydrogen-bond acceptors (Lipinski definition) is 7. The summed E-state index contributed by atoms with van der Waals surface area (Å²) in [6.45, 7) is 8.48. The summed E-state index contributed by atoms with van der Waals surface area (Å²) in [4.78, 5) is 27.7. The van der Waals surface area contributed by atoms with E-state index >= 15 is 0 Å². The quantitative estimate of drug-likeness (QED) is 0.556. The molecule has 0 saturated carbocycles. The first kappa shape index (κ1) is 24.0. The molecule has 0 spiro atoms. The molecule has 2 aromatic rings. The fraction of sp³-hybridized carbons (Fsp3) is 0.429. The molecule has 1 aromatic carbocycles. The van der Waals surface area contributed by atoms with Crippen LogP contribution in [0.25, 0.3) is 0 Å². The Kier molecular flexibility index (Phi) is 7.11. The van der Waals surface area contributed by atoms with E-state index in [9.17, 15) is 23.1 Å². The lowest BCUT2D eigenvalue weighted by Crippen LogP contribution is -2.51. The number of thiophene rings is 1. The average Bonchev–Trinajstić information content (AvgIpc) is 3.23. The van der Waals surface area contributed by atoms with Crippen LogP contribution < -0.4 is 14.9 Å². The van der Waals surface area contributed by atoms with Gasteiger partial charge in [0.15, 0.2) is 0 Å². The van der Waals surface area contributed by atoms with Gasteiger partial charge in [-0.2, -0.15) is 0 Å². The van der Waals surface area contributed by atoms with Crippen LogP contribution in [0.1, 0.15) is 31.1 Å². The van der Waals surface area contributed by atoms with Gasteiger partial charge in [0.1, 0.15) is 4.21 Å². The van der Waals surface area contributed by atoms with Crippen molar-refractivity contribution in [3.63, 3.8) is 0 Å². The van der Waals surface area contributed by atoms with Gasteiger partial charge in [-0.1, -0.05) is 6.07 Å². The number of amides is 1. The van der Waals surface area contributed by atoms with Crippen molar-refractivity contribution in [2.75, 3.05) is 42.3 Å². The third-order valence-corrected chi connectivity index (χ3v) is 7.61. The van der Waals surface area contributed by atoms with Gasteiger partial charge in [0.25, 0.3) is 10.0 Å². The smallest absolute Gasteiger partial charge is 0.335 e. The summed E-state index contributed by atoms with van der Waals surface area (Å²) in [6, 6.07) is 7.56. The maximum Gasteiger partial charge on any atom is 0.335 e. The molecule has 174 valence electrons. The van der Waals surface area contributed by atoms with E-state index in [0.29, 0.717) is 38.4 Å². The Morgan fingerprint density at radius 2 is 1.81 bits per heavy atom. The summed E-state index contributed by atoms with van der Waals surface area (Å²) < 4.78 is 28.2. The van der Waals surface area contributed by atoms with Crippen LogP contribution in [-0.4, -0.2) is 68.6 Å². The van der Waals surface area contributed by atoms with E-state index < -0.39 is 16.0 Å². The number of rotatable bonds is 7. The van der Waals surface area contributed by atoms with Crippen molar-refractivity contribution < 1.29 is 23.1 Å². The summed E-state index contributed by atoms with van der Waals surface area (Å²) in [7, 11) is -3.83. The molecule has 1 aliphatic heterocycles. The van der Waals surface area contributed by atoms with Crippen LogP contribution >= 0.6 is 11.3 Å². The van der Waals surface area contributed by atoms with Gasteiger partial charge in [-0.3, -0.25) is 14.4 Å². The van der Waals surface area contributed by atoms with Crippen molar-refractivity contribution in [2.24, 2.45) is 0 Å². The molecule has 3 rings (SSSR count). The SMILES string of the molecule is CC(C)(C)NC(=O)CN1CCN(c2ccc(C(=O)O)cc2NS(=O)(=O)c2cccs2)CC1. The van der Waals surface area contributed by atoms with Gasteiger partial charge >= 0.3 is 5.97 Å². The van der Waals surface area contributed by atoms with Crippen LogP contribution in [0, 0.1) is 0 Å². The molecule has 1 fully saturated rings. The summed E-state index contributed by atoms with van der Waals surface area (Å²) in [5, 5.41) is 14.0. The summed E-state index contributed by atoms with van der Waals surface area (Å²) >= 11 is 1.09. The molecule has 3 N–H and O–H groups in total. The number of carbonyl (C=O) groups is 2. The predicted octanol–water partition coefficient (Wildman–Crippen LogP) is 2.28. The standard InChI is InChI=1S/C21H28N4O5S2/c1-21(2,3)22-18(26)14-24-8-10-25(11-9-24)17-7-6-15(20(27)28)13-16(17)23-32(29,30)19-5-4-12-31-19/h4-7,12-13,23H,8-11,14H2,1-3H3,(H,22,26)(H,27,28). The number of hydrogen-bond donors (Lipinski definition) is 3. The number of nitrogens with one attached hydrogen (secondary N) is 2. The number of nitrogens with zero attached hydrogens (tertiary/aromatic N) is 2. The fourth-order valence-electron chi connectivity index (χ4n) is 3.45. The van der Waals surface area contributed by atoms with Crippen LogP contribution in [-0.2, 0) is 14.8 Å². The van der Waals surface area contributed by atoms with Gasteiger partial charge in [-0.05, 0) is 50.4 Å². The van der Waals surface area contributed by atoms with Crippen LogP contribution in [0.5, 0.6) is 0 Å². The molecule has 0 atom stereocenters. The van der Waals surface area contributed by atoms with E-state index in [1.54, 1.807) is 17.5 Å². The highest BCUT2D eigenvalue weighted by Gasteiger charge is 2.25. The minimum atomic E-state index is -3.83. The number of piperazine rings is 1. The lowest BCUT2D eigenvalue weighted by molar-refractivity contribution is -0.123. The Morgan fingerprint density at radius 3 is 2.38 bits per heavy atom. The van der Waals surface area contributed by atoms with Crippen molar-refractivity contribution in [1.29, 1.82) is 0 Å². The van der Waals surface area contributed by atoms with E-state index in [1.165, 1.54) is 18.2 Å². The molecule has 9 nitrogen and oxygen atoms in total. The number of carbonyl (C=O) groups excluding carboxylic acids is 1. The lowest BCUT2D eigenvalue weighted by Gasteiger charge is -2.37. The largest absolute Gasteiger partial charge is 0.478 e. The van der Waals surface area contributed by atoms with Crippen molar-refractivity contribution >= 4 is 44.6 Å². The molecule has 2 heterocycles. The summed E-state index contributed by atoms with van der Waals surface area (Å²) in [5.74, 6) is -1.18. The predicted molar refractivity (Wildman–Crippen MR) is 125 cm³/mol. The molecular formula is C21H28N4O5S2. The molecule has 32 heavy (non-hydrogen) atoms. The maximum atomic E-state index is 12.7. The van der Waals surface area contributed by atoms with Crippen LogP contribution in [0.15, 0.2) is 39.9 Å². The highest BCUT2D eigenvalue weighted by Crippen LogP contribution is 2.31.